The Morgan fingerprint density at radius 3 is 2.52 bits per heavy atom. The number of hydrogen-bond donors (Lipinski definition) is 2. The third-order valence-electron chi connectivity index (χ3n) is 3.62. The second-order valence-corrected chi connectivity index (χ2v) is 7.07. The number of Topliss-reactive ketones (excluding diaryl/α,β-unsaturated/α-hetero) is 1. The summed E-state index contributed by atoms with van der Waals surface area (Å²) in [6.07, 6.45) is 2.74. The van der Waals surface area contributed by atoms with Crippen LogP contribution in [0.4, 0.5) is 0 Å². The van der Waals surface area contributed by atoms with E-state index in [-0.39, 0.29) is 23.3 Å². The summed E-state index contributed by atoms with van der Waals surface area (Å²) in [7, 11) is 0. The fourth-order valence-electron chi connectivity index (χ4n) is 2.67. The molecular formula is C18H26N2O. The monoisotopic (exact) mass is 286 g/mol. The number of fused-ring (bicyclic) bond motifs is 1. The molecule has 0 amide bonds. The molecule has 1 aromatic carbocycles. The van der Waals surface area contributed by atoms with Gasteiger partial charge in [-0.15, -0.1) is 0 Å². The highest BCUT2D eigenvalue weighted by molar-refractivity contribution is 5.88. The molecule has 114 valence electrons. The lowest BCUT2D eigenvalue weighted by molar-refractivity contribution is -0.124. The second-order valence-electron chi connectivity index (χ2n) is 7.07. The van der Waals surface area contributed by atoms with Gasteiger partial charge in [-0.25, -0.2) is 0 Å². The number of benzene rings is 1. The van der Waals surface area contributed by atoms with Crippen LogP contribution in [0.5, 0.6) is 0 Å². The van der Waals surface area contributed by atoms with Crippen LogP contribution < -0.4 is 5.32 Å². The summed E-state index contributed by atoms with van der Waals surface area (Å²) in [5.41, 5.74) is 2.24. The summed E-state index contributed by atoms with van der Waals surface area (Å²) in [6, 6.07) is 8.08. The standard InChI is InChI=1S/C18H26N2O/c1-12(2)17(21)16(20-18(3,4)5)10-13-11-19-15-9-7-6-8-14(13)15/h6-9,11-12,16,19-20H,10H2,1-5H3. The maximum Gasteiger partial charge on any atom is 0.152 e. The van der Waals surface area contributed by atoms with Gasteiger partial charge in [0.1, 0.15) is 0 Å². The van der Waals surface area contributed by atoms with Crippen LogP contribution in [0.1, 0.15) is 40.2 Å². The van der Waals surface area contributed by atoms with Gasteiger partial charge in [0.2, 0.25) is 0 Å². The smallest absolute Gasteiger partial charge is 0.152 e. The Labute approximate surface area is 127 Å². The van der Waals surface area contributed by atoms with E-state index in [1.165, 1.54) is 10.9 Å². The van der Waals surface area contributed by atoms with Gasteiger partial charge >= 0.3 is 0 Å². The first kappa shape index (κ1) is 15.8. The molecule has 3 nitrogen and oxygen atoms in total. The number of H-pyrrole nitrogens is 1. The lowest BCUT2D eigenvalue weighted by Gasteiger charge is -2.28. The topological polar surface area (TPSA) is 44.9 Å². The molecule has 0 bridgehead atoms. The first-order valence-corrected chi connectivity index (χ1v) is 7.64. The van der Waals surface area contributed by atoms with Crippen LogP contribution >= 0.6 is 0 Å². The van der Waals surface area contributed by atoms with E-state index >= 15 is 0 Å². The average Bonchev–Trinajstić information content (AvgIpc) is 2.79. The fraction of sp³-hybridized carbons (Fsp3) is 0.500. The molecule has 3 heteroatoms. The van der Waals surface area contributed by atoms with E-state index in [4.69, 9.17) is 0 Å². The molecule has 2 N–H and O–H groups in total. The molecule has 0 aliphatic carbocycles. The molecule has 0 aliphatic heterocycles. The van der Waals surface area contributed by atoms with Gasteiger partial charge in [-0.1, -0.05) is 32.0 Å². The van der Waals surface area contributed by atoms with Crippen LogP contribution in [-0.2, 0) is 11.2 Å². The molecule has 21 heavy (non-hydrogen) atoms. The van der Waals surface area contributed by atoms with E-state index in [1.807, 2.05) is 32.2 Å². The van der Waals surface area contributed by atoms with Crippen LogP contribution in [0.25, 0.3) is 10.9 Å². The van der Waals surface area contributed by atoms with Crippen LogP contribution in [-0.4, -0.2) is 22.3 Å². The summed E-state index contributed by atoms with van der Waals surface area (Å²) < 4.78 is 0. The van der Waals surface area contributed by atoms with Crippen molar-refractivity contribution >= 4 is 16.7 Å². The van der Waals surface area contributed by atoms with Gasteiger partial charge in [0.05, 0.1) is 6.04 Å². The van der Waals surface area contributed by atoms with E-state index < -0.39 is 0 Å². The first-order chi connectivity index (χ1) is 9.78. The van der Waals surface area contributed by atoms with Gasteiger partial charge < -0.3 is 10.3 Å². The maximum absolute atomic E-state index is 12.5. The number of carbonyl (C=O) groups is 1. The van der Waals surface area contributed by atoms with Crippen molar-refractivity contribution in [1.82, 2.24) is 10.3 Å². The molecule has 1 atom stereocenters. The number of aromatic amines is 1. The lowest BCUT2D eigenvalue weighted by atomic mass is 9.93. The van der Waals surface area contributed by atoms with Gasteiger partial charge in [-0.2, -0.15) is 0 Å². The SMILES string of the molecule is CC(C)C(=O)C(Cc1c[nH]c2ccccc12)NC(C)(C)C. The summed E-state index contributed by atoms with van der Waals surface area (Å²) in [6.45, 7) is 10.2. The summed E-state index contributed by atoms with van der Waals surface area (Å²) in [4.78, 5) is 15.8. The summed E-state index contributed by atoms with van der Waals surface area (Å²) in [5.74, 6) is 0.310. The molecule has 0 saturated heterocycles. The number of carbonyl (C=O) groups excluding carboxylic acids is 1. The highest BCUT2D eigenvalue weighted by atomic mass is 16.1. The Morgan fingerprint density at radius 2 is 1.90 bits per heavy atom. The van der Waals surface area contributed by atoms with E-state index in [1.54, 1.807) is 0 Å². The second kappa shape index (κ2) is 6.02. The zero-order valence-electron chi connectivity index (χ0n) is 13.7. The van der Waals surface area contributed by atoms with Crippen LogP contribution in [0, 0.1) is 5.92 Å². The molecule has 0 saturated carbocycles. The number of para-hydroxylation sites is 1. The van der Waals surface area contributed by atoms with E-state index in [0.717, 1.165) is 11.9 Å². The zero-order chi connectivity index (χ0) is 15.6. The van der Waals surface area contributed by atoms with Gasteiger partial charge in [0.25, 0.3) is 0 Å². The Morgan fingerprint density at radius 1 is 1.24 bits per heavy atom. The quantitative estimate of drug-likeness (QED) is 0.880. The minimum absolute atomic E-state index is 0.0371. The van der Waals surface area contributed by atoms with Crippen molar-refractivity contribution in [3.8, 4) is 0 Å². The molecule has 1 heterocycles. The van der Waals surface area contributed by atoms with Crippen molar-refractivity contribution in [2.45, 2.75) is 52.6 Å². The van der Waals surface area contributed by atoms with Crippen LogP contribution in [0.3, 0.4) is 0 Å². The summed E-state index contributed by atoms with van der Waals surface area (Å²) >= 11 is 0. The number of hydrogen-bond acceptors (Lipinski definition) is 2. The highest BCUT2D eigenvalue weighted by Gasteiger charge is 2.26. The number of aromatic nitrogens is 1. The largest absolute Gasteiger partial charge is 0.361 e. The minimum atomic E-state index is -0.149. The Kier molecular flexibility index (Phi) is 4.52. The van der Waals surface area contributed by atoms with E-state index in [9.17, 15) is 4.79 Å². The Bertz CT molecular complexity index is 619. The fourth-order valence-corrected chi connectivity index (χ4v) is 2.67. The van der Waals surface area contributed by atoms with Crippen molar-refractivity contribution in [2.24, 2.45) is 5.92 Å². The molecule has 0 fully saturated rings. The predicted molar refractivity (Wildman–Crippen MR) is 88.5 cm³/mol. The number of ketones is 1. The molecular weight excluding hydrogens is 260 g/mol. The van der Waals surface area contributed by atoms with Crippen LogP contribution in [0.2, 0.25) is 0 Å². The minimum Gasteiger partial charge on any atom is -0.361 e. The van der Waals surface area contributed by atoms with Gasteiger partial charge in [-0.05, 0) is 38.8 Å². The van der Waals surface area contributed by atoms with Crippen molar-refractivity contribution in [3.05, 3.63) is 36.0 Å². The molecule has 1 unspecified atom stereocenters. The molecule has 0 spiro atoms. The van der Waals surface area contributed by atoms with Crippen molar-refractivity contribution in [2.75, 3.05) is 0 Å². The zero-order valence-corrected chi connectivity index (χ0v) is 13.7. The number of nitrogens with one attached hydrogen (secondary N) is 2. The maximum atomic E-state index is 12.5. The van der Waals surface area contributed by atoms with Gasteiger partial charge in [-0.3, -0.25) is 4.79 Å². The number of rotatable bonds is 5. The van der Waals surface area contributed by atoms with E-state index in [0.29, 0.717) is 0 Å². The van der Waals surface area contributed by atoms with Crippen molar-refractivity contribution in [3.63, 3.8) is 0 Å². The Balaban J connectivity index is 2.28. The Hall–Kier alpha value is -1.61. The van der Waals surface area contributed by atoms with E-state index in [2.05, 4.69) is 43.2 Å². The van der Waals surface area contributed by atoms with Gasteiger partial charge in [0.15, 0.2) is 5.78 Å². The van der Waals surface area contributed by atoms with Crippen molar-refractivity contribution < 1.29 is 4.79 Å². The molecule has 1 aromatic heterocycles. The average molecular weight is 286 g/mol. The molecule has 0 radical (unpaired) electrons. The predicted octanol–water partition coefficient (Wildman–Crippen LogP) is 3.69. The normalized spacial score (nSPS) is 13.8. The van der Waals surface area contributed by atoms with Crippen molar-refractivity contribution in [1.29, 1.82) is 0 Å². The summed E-state index contributed by atoms with van der Waals surface area (Å²) in [5, 5.41) is 4.68. The third kappa shape index (κ3) is 3.94. The van der Waals surface area contributed by atoms with Gasteiger partial charge in [0, 0.05) is 28.6 Å². The molecule has 0 aliphatic rings. The first-order valence-electron chi connectivity index (χ1n) is 7.64. The molecule has 2 rings (SSSR count). The molecule has 2 aromatic rings. The lowest BCUT2D eigenvalue weighted by Crippen LogP contribution is -2.50. The van der Waals surface area contributed by atoms with Crippen LogP contribution in [0.15, 0.2) is 30.5 Å². The highest BCUT2D eigenvalue weighted by Crippen LogP contribution is 2.21. The third-order valence-corrected chi connectivity index (χ3v) is 3.62.